The molecule has 2 atom stereocenters. The van der Waals surface area contributed by atoms with Crippen molar-refractivity contribution in [3.8, 4) is 23.6 Å². The summed E-state index contributed by atoms with van der Waals surface area (Å²) in [6, 6.07) is 8.72. The van der Waals surface area contributed by atoms with Gasteiger partial charge in [-0.15, -0.1) is 6.42 Å². The summed E-state index contributed by atoms with van der Waals surface area (Å²) in [5.74, 6) is 1.52. The van der Waals surface area contributed by atoms with Crippen LogP contribution in [0.5, 0.6) is 0 Å². The van der Waals surface area contributed by atoms with Gasteiger partial charge in [-0.05, 0) is 17.9 Å². The molecule has 4 aromatic rings. The summed E-state index contributed by atoms with van der Waals surface area (Å²) in [7, 11) is 0. The van der Waals surface area contributed by atoms with Crippen LogP contribution in [0.3, 0.4) is 0 Å². The fourth-order valence-corrected chi connectivity index (χ4v) is 4.88. The molecule has 0 aliphatic carbocycles. The van der Waals surface area contributed by atoms with Gasteiger partial charge >= 0.3 is 5.69 Å². The van der Waals surface area contributed by atoms with Crippen LogP contribution in [0.4, 0.5) is 14.6 Å². The van der Waals surface area contributed by atoms with E-state index in [1.807, 2.05) is 4.90 Å². The molecular weight excluding hydrogens is 412 g/mol. The molecule has 2 aromatic carbocycles. The summed E-state index contributed by atoms with van der Waals surface area (Å²) >= 11 is 0. The summed E-state index contributed by atoms with van der Waals surface area (Å²) < 4.78 is 30.2. The van der Waals surface area contributed by atoms with E-state index in [1.54, 1.807) is 24.3 Å². The number of rotatable bonds is 2. The number of hydrogen-bond donors (Lipinski definition) is 2. The van der Waals surface area contributed by atoms with Crippen molar-refractivity contribution in [2.45, 2.75) is 18.5 Å². The van der Waals surface area contributed by atoms with Crippen LogP contribution in [-0.2, 0) is 0 Å². The number of benzene rings is 2. The average Bonchev–Trinajstić information content (AvgIpc) is 2.78. The lowest BCUT2D eigenvalue weighted by Crippen LogP contribution is -2.67. The second kappa shape index (κ2) is 6.84. The second-order valence-electron chi connectivity index (χ2n) is 8.25. The topological polar surface area (TPSA) is 73.9 Å². The Balaban J connectivity index is 1.59. The summed E-state index contributed by atoms with van der Waals surface area (Å²) in [6.45, 7) is 1.39. The predicted octanol–water partition coefficient (Wildman–Crippen LogP) is 2.95. The van der Waals surface area contributed by atoms with E-state index in [1.165, 1.54) is 12.3 Å². The number of hydrogen-bond acceptors (Lipinski definition) is 5. The van der Waals surface area contributed by atoms with Gasteiger partial charge in [0.05, 0.1) is 16.5 Å². The number of nitrogens with zero attached hydrogens (tertiary/aromatic N) is 3. The lowest BCUT2D eigenvalue weighted by atomic mass is 9.91. The first-order valence-corrected chi connectivity index (χ1v) is 10.3. The first-order valence-electron chi connectivity index (χ1n) is 10.3. The molecule has 0 radical (unpaired) electrons. The molecule has 2 unspecified atom stereocenters. The molecule has 3 fully saturated rings. The first-order chi connectivity index (χ1) is 15.5. The molecule has 158 valence electrons. The number of aromatic nitrogens is 3. The molecule has 7 rings (SSSR count). The molecule has 0 saturated carbocycles. The molecule has 3 aliphatic heterocycles. The quantitative estimate of drug-likeness (QED) is 0.480. The maximum atomic E-state index is 15.8. The number of fused-ring (bicyclic) bond motifs is 4. The minimum atomic E-state index is -0.705. The van der Waals surface area contributed by atoms with Crippen molar-refractivity contribution < 1.29 is 8.78 Å². The van der Waals surface area contributed by atoms with Crippen molar-refractivity contribution in [2.24, 2.45) is 0 Å². The zero-order valence-corrected chi connectivity index (χ0v) is 16.8. The smallest absolute Gasteiger partial charge is 0.347 e. The lowest BCUT2D eigenvalue weighted by molar-refractivity contribution is 0.225. The zero-order chi connectivity index (χ0) is 22.0. The predicted molar refractivity (Wildman–Crippen MR) is 118 cm³/mol. The van der Waals surface area contributed by atoms with Crippen molar-refractivity contribution in [1.82, 2.24) is 20.3 Å². The standard InChI is InChI=1S/C24H17F2N5O/c1-2-15-18(25)7-6-12-4-3-5-16(19(12)15)21-20(26)22-17(9-27-21)23(30-24(32)29-22)31-10-13-8-14(11-31)28-13/h1,3-7,9,13-14,28H,8,10-11H2,(H,29,30,32). The van der Waals surface area contributed by atoms with E-state index in [-0.39, 0.29) is 16.8 Å². The van der Waals surface area contributed by atoms with Crippen LogP contribution in [0.1, 0.15) is 12.0 Å². The van der Waals surface area contributed by atoms with Gasteiger partial charge in [-0.25, -0.2) is 13.6 Å². The molecule has 8 heteroatoms. The third-order valence-corrected chi connectivity index (χ3v) is 6.32. The Bertz CT molecular complexity index is 1510. The van der Waals surface area contributed by atoms with E-state index in [2.05, 4.69) is 26.2 Å². The Kier molecular flexibility index (Phi) is 4.04. The van der Waals surface area contributed by atoms with Gasteiger partial charge in [0.2, 0.25) is 0 Å². The number of terminal acetylenes is 1. The number of anilines is 1. The first kappa shape index (κ1) is 18.9. The number of pyridine rings is 1. The number of halogens is 2. The summed E-state index contributed by atoms with van der Waals surface area (Å²) in [5, 5.41) is 4.92. The van der Waals surface area contributed by atoms with Gasteiger partial charge < -0.3 is 15.2 Å². The largest absolute Gasteiger partial charge is 0.353 e. The van der Waals surface area contributed by atoms with E-state index in [4.69, 9.17) is 6.42 Å². The Hall–Kier alpha value is -3.83. The minimum Gasteiger partial charge on any atom is -0.353 e. The molecule has 3 saturated heterocycles. The van der Waals surface area contributed by atoms with Crippen molar-refractivity contribution in [1.29, 1.82) is 0 Å². The van der Waals surface area contributed by atoms with Crippen LogP contribution >= 0.6 is 0 Å². The van der Waals surface area contributed by atoms with Crippen LogP contribution in [0.15, 0.2) is 41.3 Å². The maximum absolute atomic E-state index is 15.8. The van der Waals surface area contributed by atoms with Crippen LogP contribution in [0.2, 0.25) is 0 Å². The van der Waals surface area contributed by atoms with Gasteiger partial charge in [0.15, 0.2) is 5.82 Å². The SMILES string of the molecule is C#Cc1c(F)ccc2cccc(-c3ncc4c(N5CC6CC(C5)N6)nc(=O)[nH]c4c3F)c12. The fraction of sp³-hybridized carbons (Fsp3) is 0.208. The zero-order valence-electron chi connectivity index (χ0n) is 16.8. The Morgan fingerprint density at radius 2 is 1.94 bits per heavy atom. The lowest BCUT2D eigenvalue weighted by Gasteiger charge is -2.48. The van der Waals surface area contributed by atoms with E-state index < -0.39 is 17.3 Å². The number of aromatic amines is 1. The van der Waals surface area contributed by atoms with Crippen molar-refractivity contribution in [3.05, 3.63) is 64.2 Å². The van der Waals surface area contributed by atoms with Crippen LogP contribution in [-0.4, -0.2) is 40.1 Å². The second-order valence-corrected chi connectivity index (χ2v) is 8.25. The fourth-order valence-electron chi connectivity index (χ4n) is 4.88. The Morgan fingerprint density at radius 3 is 2.69 bits per heavy atom. The molecule has 2 N–H and O–H groups in total. The van der Waals surface area contributed by atoms with Gasteiger partial charge in [0, 0.05) is 42.3 Å². The van der Waals surface area contributed by atoms with Crippen LogP contribution in [0, 0.1) is 24.0 Å². The third-order valence-electron chi connectivity index (χ3n) is 6.32. The van der Waals surface area contributed by atoms with Crippen LogP contribution in [0.25, 0.3) is 32.9 Å². The van der Waals surface area contributed by atoms with Gasteiger partial charge in [-0.2, -0.15) is 4.98 Å². The van der Waals surface area contributed by atoms with Gasteiger partial charge in [0.1, 0.15) is 17.3 Å². The highest BCUT2D eigenvalue weighted by molar-refractivity contribution is 6.02. The van der Waals surface area contributed by atoms with Crippen molar-refractivity contribution in [3.63, 3.8) is 0 Å². The van der Waals surface area contributed by atoms with E-state index in [9.17, 15) is 9.18 Å². The molecule has 5 heterocycles. The molecule has 2 aromatic heterocycles. The minimum absolute atomic E-state index is 0.0128. The average molecular weight is 429 g/mol. The molecule has 0 amide bonds. The van der Waals surface area contributed by atoms with Crippen molar-refractivity contribution >= 4 is 27.5 Å². The highest BCUT2D eigenvalue weighted by atomic mass is 19.1. The normalized spacial score (nSPS) is 19.7. The number of piperazine rings is 1. The Labute approximate surface area is 181 Å². The summed E-state index contributed by atoms with van der Waals surface area (Å²) in [6.07, 6.45) is 8.15. The maximum Gasteiger partial charge on any atom is 0.347 e. The number of H-pyrrole nitrogens is 1. The van der Waals surface area contributed by atoms with E-state index in [0.717, 1.165) is 6.42 Å². The van der Waals surface area contributed by atoms with Gasteiger partial charge in [-0.1, -0.05) is 30.2 Å². The third kappa shape index (κ3) is 2.71. The molecule has 32 heavy (non-hydrogen) atoms. The van der Waals surface area contributed by atoms with Gasteiger partial charge in [0.25, 0.3) is 0 Å². The Morgan fingerprint density at radius 1 is 1.16 bits per heavy atom. The molecule has 6 nitrogen and oxygen atoms in total. The van der Waals surface area contributed by atoms with Gasteiger partial charge in [-0.3, -0.25) is 4.98 Å². The molecule has 2 bridgehead atoms. The number of piperidine rings is 1. The summed E-state index contributed by atoms with van der Waals surface area (Å²) in [5.41, 5.74) is -0.224. The monoisotopic (exact) mass is 429 g/mol. The highest BCUT2D eigenvalue weighted by Crippen LogP contribution is 2.36. The number of nitrogens with one attached hydrogen (secondary N) is 2. The molecule has 3 aliphatic rings. The van der Waals surface area contributed by atoms with E-state index >= 15 is 4.39 Å². The molecule has 0 spiro atoms. The van der Waals surface area contributed by atoms with E-state index in [0.29, 0.717) is 52.7 Å². The molecular formula is C24H17F2N5O. The van der Waals surface area contributed by atoms with Crippen LogP contribution < -0.4 is 15.9 Å². The highest BCUT2D eigenvalue weighted by Gasteiger charge is 2.37. The summed E-state index contributed by atoms with van der Waals surface area (Å²) in [4.78, 5) is 25.3. The van der Waals surface area contributed by atoms with Crippen molar-refractivity contribution in [2.75, 3.05) is 18.0 Å².